The van der Waals surface area contributed by atoms with E-state index in [2.05, 4.69) is 15.3 Å². The van der Waals surface area contributed by atoms with Crippen molar-refractivity contribution in [2.45, 2.75) is 23.8 Å². The molecule has 6 heteroatoms. The Kier molecular flexibility index (Phi) is 6.29. The maximum atomic E-state index is 12.7. The first-order valence-corrected chi connectivity index (χ1v) is 10.6. The molecule has 1 N–H and O–H groups in total. The summed E-state index contributed by atoms with van der Waals surface area (Å²) in [6, 6.07) is 22.8. The zero-order valence-electron chi connectivity index (χ0n) is 17.2. The number of benzene rings is 3. The number of anilines is 1. The molecule has 31 heavy (non-hydrogen) atoms. The first-order chi connectivity index (χ1) is 15.1. The highest BCUT2D eigenvalue weighted by Gasteiger charge is 2.12. The van der Waals surface area contributed by atoms with E-state index < -0.39 is 0 Å². The molecule has 5 nitrogen and oxygen atoms in total. The molecule has 3 aromatic carbocycles. The number of rotatable bonds is 6. The molecule has 0 aliphatic carbocycles. The predicted octanol–water partition coefficient (Wildman–Crippen LogP) is 6.29. The van der Waals surface area contributed by atoms with Gasteiger partial charge in [0.2, 0.25) is 0 Å². The van der Waals surface area contributed by atoms with Crippen LogP contribution in [0.25, 0.3) is 0 Å². The number of amides is 1. The van der Waals surface area contributed by atoms with E-state index >= 15 is 0 Å². The second kappa shape index (κ2) is 9.45. The quantitative estimate of drug-likeness (QED) is 0.392. The Hall–Kier alpha value is -3.64. The lowest BCUT2D eigenvalue weighted by Crippen LogP contribution is -2.13. The number of nitrogens with one attached hydrogen (secondary N) is 1. The molecule has 0 atom stereocenters. The molecule has 4 aromatic rings. The SMILES string of the molecule is Cc1cccc(C)c1NC(=O)c1ccc(Oc2nccnc2Sc2ccccc2)cc1. The third-order valence-corrected chi connectivity index (χ3v) is 5.62. The van der Waals surface area contributed by atoms with Crippen molar-refractivity contribution in [2.75, 3.05) is 5.32 Å². The van der Waals surface area contributed by atoms with Gasteiger partial charge in [0.25, 0.3) is 11.8 Å². The second-order valence-corrected chi connectivity index (χ2v) is 7.99. The lowest BCUT2D eigenvalue weighted by molar-refractivity contribution is 0.102. The van der Waals surface area contributed by atoms with Crippen LogP contribution in [0.1, 0.15) is 21.5 Å². The van der Waals surface area contributed by atoms with Crippen LogP contribution in [0, 0.1) is 13.8 Å². The van der Waals surface area contributed by atoms with E-state index in [4.69, 9.17) is 4.74 Å². The van der Waals surface area contributed by atoms with Gasteiger partial charge in [0.15, 0.2) is 5.03 Å². The summed E-state index contributed by atoms with van der Waals surface area (Å²) in [5.41, 5.74) is 3.45. The minimum Gasteiger partial charge on any atom is -0.437 e. The van der Waals surface area contributed by atoms with Crippen molar-refractivity contribution in [1.82, 2.24) is 9.97 Å². The zero-order valence-corrected chi connectivity index (χ0v) is 18.0. The lowest BCUT2D eigenvalue weighted by atomic mass is 10.1. The van der Waals surface area contributed by atoms with Crippen molar-refractivity contribution in [1.29, 1.82) is 0 Å². The molecule has 0 aliphatic heterocycles. The van der Waals surface area contributed by atoms with Crippen LogP contribution in [0.4, 0.5) is 5.69 Å². The predicted molar refractivity (Wildman–Crippen MR) is 123 cm³/mol. The van der Waals surface area contributed by atoms with Crippen molar-refractivity contribution in [2.24, 2.45) is 0 Å². The molecule has 154 valence electrons. The molecule has 0 aliphatic rings. The van der Waals surface area contributed by atoms with Crippen molar-refractivity contribution in [3.8, 4) is 11.6 Å². The van der Waals surface area contributed by atoms with Crippen LogP contribution in [0.3, 0.4) is 0 Å². The fourth-order valence-corrected chi connectivity index (χ4v) is 3.85. The fraction of sp³-hybridized carbons (Fsp3) is 0.0800. The van der Waals surface area contributed by atoms with Gasteiger partial charge in [-0.2, -0.15) is 0 Å². The normalized spacial score (nSPS) is 10.5. The Morgan fingerprint density at radius 1 is 0.839 bits per heavy atom. The Balaban J connectivity index is 1.48. The minimum atomic E-state index is -0.163. The largest absolute Gasteiger partial charge is 0.437 e. The van der Waals surface area contributed by atoms with Gasteiger partial charge >= 0.3 is 0 Å². The van der Waals surface area contributed by atoms with Crippen molar-refractivity contribution >= 4 is 23.4 Å². The van der Waals surface area contributed by atoms with Gasteiger partial charge in [0.1, 0.15) is 5.75 Å². The van der Waals surface area contributed by atoms with Crippen LogP contribution >= 0.6 is 11.8 Å². The van der Waals surface area contributed by atoms with Crippen LogP contribution < -0.4 is 10.1 Å². The van der Waals surface area contributed by atoms with E-state index in [-0.39, 0.29) is 5.91 Å². The van der Waals surface area contributed by atoms with Gasteiger partial charge in [-0.25, -0.2) is 9.97 Å². The molecule has 0 saturated carbocycles. The molecule has 0 bridgehead atoms. The summed E-state index contributed by atoms with van der Waals surface area (Å²) in [4.78, 5) is 22.4. The highest BCUT2D eigenvalue weighted by atomic mass is 32.2. The van der Waals surface area contributed by atoms with Crippen molar-refractivity contribution in [3.05, 3.63) is 102 Å². The van der Waals surface area contributed by atoms with E-state index in [9.17, 15) is 4.79 Å². The maximum absolute atomic E-state index is 12.7. The molecule has 0 radical (unpaired) electrons. The van der Waals surface area contributed by atoms with Crippen LogP contribution in [0.5, 0.6) is 11.6 Å². The minimum absolute atomic E-state index is 0.163. The number of hydrogen-bond donors (Lipinski definition) is 1. The average Bonchev–Trinajstić information content (AvgIpc) is 2.79. The lowest BCUT2D eigenvalue weighted by Gasteiger charge is -2.12. The van der Waals surface area contributed by atoms with Gasteiger partial charge in [0.05, 0.1) is 0 Å². The van der Waals surface area contributed by atoms with Gasteiger partial charge in [-0.1, -0.05) is 48.2 Å². The molecule has 1 heterocycles. The summed E-state index contributed by atoms with van der Waals surface area (Å²) >= 11 is 1.48. The van der Waals surface area contributed by atoms with E-state index in [1.807, 2.05) is 62.4 Å². The molecule has 1 aromatic heterocycles. The van der Waals surface area contributed by atoms with Crippen LogP contribution in [-0.2, 0) is 0 Å². The van der Waals surface area contributed by atoms with Crippen LogP contribution in [0.2, 0.25) is 0 Å². The van der Waals surface area contributed by atoms with Crippen molar-refractivity contribution < 1.29 is 9.53 Å². The Morgan fingerprint density at radius 3 is 2.23 bits per heavy atom. The van der Waals surface area contributed by atoms with Gasteiger partial charge in [-0.05, 0) is 61.4 Å². The third kappa shape index (κ3) is 5.10. The van der Waals surface area contributed by atoms with Crippen LogP contribution in [-0.4, -0.2) is 15.9 Å². The van der Waals surface area contributed by atoms with Crippen molar-refractivity contribution in [3.63, 3.8) is 0 Å². The molecular weight excluding hydrogens is 406 g/mol. The van der Waals surface area contributed by atoms with E-state index in [1.165, 1.54) is 11.8 Å². The number of para-hydroxylation sites is 1. The molecule has 1 amide bonds. The van der Waals surface area contributed by atoms with E-state index in [0.717, 1.165) is 21.7 Å². The average molecular weight is 428 g/mol. The number of aromatic nitrogens is 2. The number of ether oxygens (including phenoxy) is 1. The molecule has 0 unspecified atom stereocenters. The summed E-state index contributed by atoms with van der Waals surface area (Å²) in [6.45, 7) is 3.96. The highest BCUT2D eigenvalue weighted by molar-refractivity contribution is 7.99. The summed E-state index contributed by atoms with van der Waals surface area (Å²) in [7, 11) is 0. The van der Waals surface area contributed by atoms with E-state index in [1.54, 1.807) is 36.7 Å². The number of carbonyl (C=O) groups is 1. The smallest absolute Gasteiger partial charge is 0.255 e. The first kappa shape index (κ1) is 20.6. The summed E-state index contributed by atoms with van der Waals surface area (Å²) in [6.07, 6.45) is 3.23. The summed E-state index contributed by atoms with van der Waals surface area (Å²) < 4.78 is 5.95. The number of hydrogen-bond acceptors (Lipinski definition) is 5. The summed E-state index contributed by atoms with van der Waals surface area (Å²) in [5.74, 6) is 0.840. The number of carbonyl (C=O) groups excluding carboxylic acids is 1. The Bertz CT molecular complexity index is 1170. The van der Waals surface area contributed by atoms with Crippen LogP contribution in [0.15, 0.2) is 95.1 Å². The Morgan fingerprint density at radius 2 is 1.52 bits per heavy atom. The molecular formula is C25H21N3O2S. The topological polar surface area (TPSA) is 64.1 Å². The number of aryl methyl sites for hydroxylation is 2. The fourth-order valence-electron chi connectivity index (χ4n) is 3.04. The van der Waals surface area contributed by atoms with Gasteiger partial charge in [-0.15, -0.1) is 0 Å². The molecule has 0 saturated heterocycles. The van der Waals surface area contributed by atoms with Gasteiger partial charge in [-0.3, -0.25) is 4.79 Å². The standard InChI is InChI=1S/C25H21N3O2S/c1-17-7-6-8-18(2)22(17)28-23(29)19-11-13-20(14-12-19)30-24-25(27-16-15-26-24)31-21-9-4-3-5-10-21/h3-16H,1-2H3,(H,28,29). The van der Waals surface area contributed by atoms with E-state index in [0.29, 0.717) is 22.2 Å². The molecule has 0 fully saturated rings. The monoisotopic (exact) mass is 427 g/mol. The third-order valence-electron chi connectivity index (χ3n) is 4.64. The Labute approximate surface area is 185 Å². The zero-order chi connectivity index (χ0) is 21.6. The number of nitrogens with zero attached hydrogens (tertiary/aromatic N) is 2. The van der Waals surface area contributed by atoms with Gasteiger partial charge in [0, 0.05) is 28.5 Å². The second-order valence-electron chi connectivity index (χ2n) is 6.93. The molecule has 0 spiro atoms. The molecule has 4 rings (SSSR count). The highest BCUT2D eigenvalue weighted by Crippen LogP contribution is 2.33. The summed E-state index contributed by atoms with van der Waals surface area (Å²) in [5, 5.41) is 3.67. The maximum Gasteiger partial charge on any atom is 0.255 e. The van der Waals surface area contributed by atoms with Gasteiger partial charge < -0.3 is 10.1 Å². The first-order valence-electron chi connectivity index (χ1n) is 9.79.